The molecule has 0 N–H and O–H groups in total. The largest absolute Gasteiger partial charge is 0.465 e. The maximum absolute atomic E-state index is 11.2. The van der Waals surface area contributed by atoms with E-state index in [1.54, 1.807) is 0 Å². The Morgan fingerprint density at radius 3 is 2.09 bits per heavy atom. The van der Waals surface area contributed by atoms with Gasteiger partial charge in [0.05, 0.1) is 8.07 Å². The van der Waals surface area contributed by atoms with Crippen LogP contribution in [0.3, 0.4) is 0 Å². The average Bonchev–Trinajstić information content (AvgIpc) is 2.37. The smallest absolute Gasteiger partial charge is 0.302 e. The zero-order valence-electron chi connectivity index (χ0n) is 14.9. The minimum Gasteiger partial charge on any atom is -0.465 e. The molecule has 4 nitrogen and oxygen atoms in total. The van der Waals surface area contributed by atoms with Crippen LogP contribution in [0.5, 0.6) is 0 Å². The van der Waals surface area contributed by atoms with Gasteiger partial charge < -0.3 is 9.47 Å². The fraction of sp³-hybridized carbons (Fsp3) is 0.647. The van der Waals surface area contributed by atoms with E-state index >= 15 is 0 Å². The standard InChI is InChI=1S/C17H30O4Si/c1-8-17(21-15(4)19)16(12-20-14(3)18)11-13(2)9-10-22(5,6)7/h9-11,16-17H,8,12H2,1-7H3/b10-9+,13-11+/t16-,17+/m0/s1. The van der Waals surface area contributed by atoms with Crippen LogP contribution in [0.25, 0.3) is 0 Å². The second kappa shape index (κ2) is 9.61. The molecule has 0 aromatic heterocycles. The summed E-state index contributed by atoms with van der Waals surface area (Å²) in [4.78, 5) is 22.3. The Morgan fingerprint density at radius 1 is 1.09 bits per heavy atom. The molecule has 0 fully saturated rings. The Hall–Kier alpha value is -1.36. The monoisotopic (exact) mass is 326 g/mol. The maximum atomic E-state index is 11.2. The van der Waals surface area contributed by atoms with Gasteiger partial charge in [-0.2, -0.15) is 0 Å². The number of esters is 2. The number of hydrogen-bond donors (Lipinski definition) is 0. The zero-order valence-corrected chi connectivity index (χ0v) is 15.9. The fourth-order valence-electron chi connectivity index (χ4n) is 1.94. The van der Waals surface area contributed by atoms with E-state index in [0.29, 0.717) is 6.42 Å². The first-order chi connectivity index (χ1) is 10.0. The zero-order chi connectivity index (χ0) is 17.3. The van der Waals surface area contributed by atoms with Crippen molar-refractivity contribution >= 4 is 20.0 Å². The van der Waals surface area contributed by atoms with Gasteiger partial charge in [-0.25, -0.2) is 0 Å². The molecule has 0 aliphatic rings. The number of hydrogen-bond acceptors (Lipinski definition) is 4. The molecular weight excluding hydrogens is 296 g/mol. The van der Waals surface area contributed by atoms with Gasteiger partial charge in [-0.05, 0) is 13.3 Å². The molecule has 2 atom stereocenters. The van der Waals surface area contributed by atoms with Gasteiger partial charge in [0.2, 0.25) is 0 Å². The second-order valence-corrected chi connectivity index (χ2v) is 11.7. The topological polar surface area (TPSA) is 52.6 Å². The van der Waals surface area contributed by atoms with Crippen LogP contribution in [0.15, 0.2) is 23.4 Å². The van der Waals surface area contributed by atoms with E-state index in [2.05, 4.69) is 31.4 Å². The van der Waals surface area contributed by atoms with Crippen molar-refractivity contribution in [1.82, 2.24) is 0 Å². The Kier molecular flexibility index (Phi) is 9.02. The summed E-state index contributed by atoms with van der Waals surface area (Å²) in [6, 6.07) is 0. The summed E-state index contributed by atoms with van der Waals surface area (Å²) in [6.07, 6.45) is 4.52. The molecule has 0 bridgehead atoms. The van der Waals surface area contributed by atoms with Crippen LogP contribution in [-0.2, 0) is 19.1 Å². The minimum absolute atomic E-state index is 0.135. The lowest BCUT2D eigenvalue weighted by molar-refractivity contribution is -0.151. The van der Waals surface area contributed by atoms with Gasteiger partial charge >= 0.3 is 11.9 Å². The van der Waals surface area contributed by atoms with Gasteiger partial charge in [0, 0.05) is 19.8 Å². The Balaban J connectivity index is 5.15. The highest BCUT2D eigenvalue weighted by atomic mass is 28.3. The Morgan fingerprint density at radius 2 is 1.68 bits per heavy atom. The lowest BCUT2D eigenvalue weighted by atomic mass is 9.98. The number of rotatable bonds is 8. The van der Waals surface area contributed by atoms with E-state index in [0.717, 1.165) is 5.57 Å². The highest BCUT2D eigenvalue weighted by molar-refractivity contribution is 6.81. The highest BCUT2D eigenvalue weighted by Gasteiger charge is 2.22. The summed E-state index contributed by atoms with van der Waals surface area (Å²) in [6.45, 7) is 13.8. The SMILES string of the molecule is CC[C@@H](OC(C)=O)[C@@H](/C=C(C)/C=C/[Si](C)(C)C)COC(C)=O. The van der Waals surface area contributed by atoms with Crippen LogP contribution in [-0.4, -0.2) is 32.7 Å². The molecule has 0 aromatic rings. The summed E-state index contributed by atoms with van der Waals surface area (Å²) in [7, 11) is -1.26. The maximum Gasteiger partial charge on any atom is 0.302 e. The Bertz CT molecular complexity index is 432. The lowest BCUT2D eigenvalue weighted by Gasteiger charge is -2.23. The van der Waals surface area contributed by atoms with Crippen molar-refractivity contribution in [2.45, 2.75) is 59.9 Å². The van der Waals surface area contributed by atoms with Crippen molar-refractivity contribution in [3.8, 4) is 0 Å². The molecule has 0 aliphatic carbocycles. The van der Waals surface area contributed by atoms with E-state index in [1.165, 1.54) is 13.8 Å². The van der Waals surface area contributed by atoms with Crippen LogP contribution in [0, 0.1) is 5.92 Å². The summed E-state index contributed by atoms with van der Waals surface area (Å²) >= 11 is 0. The van der Waals surface area contributed by atoms with Crippen molar-refractivity contribution in [1.29, 1.82) is 0 Å². The van der Waals surface area contributed by atoms with Crippen molar-refractivity contribution in [2.24, 2.45) is 5.92 Å². The molecule has 5 heteroatoms. The van der Waals surface area contributed by atoms with E-state index in [1.807, 2.05) is 19.9 Å². The van der Waals surface area contributed by atoms with Gasteiger partial charge in [-0.15, -0.1) is 0 Å². The molecule has 0 saturated heterocycles. The van der Waals surface area contributed by atoms with Crippen molar-refractivity contribution < 1.29 is 19.1 Å². The normalized spacial score (nSPS) is 15.5. The highest BCUT2D eigenvalue weighted by Crippen LogP contribution is 2.18. The summed E-state index contributed by atoms with van der Waals surface area (Å²) in [5, 5.41) is 0. The quantitative estimate of drug-likeness (QED) is 0.386. The average molecular weight is 327 g/mol. The Labute approximate surface area is 135 Å². The summed E-state index contributed by atoms with van der Waals surface area (Å²) in [5.74, 6) is -0.779. The molecule has 22 heavy (non-hydrogen) atoms. The molecule has 0 aromatic carbocycles. The fourth-order valence-corrected chi connectivity index (χ4v) is 2.70. The predicted octanol–water partition coefficient (Wildman–Crippen LogP) is 3.89. The minimum atomic E-state index is -1.26. The van der Waals surface area contributed by atoms with Crippen LogP contribution >= 0.6 is 0 Å². The van der Waals surface area contributed by atoms with Gasteiger partial charge in [0.15, 0.2) is 0 Å². The van der Waals surface area contributed by atoms with Crippen molar-refractivity contribution in [3.05, 3.63) is 23.4 Å². The predicted molar refractivity (Wildman–Crippen MR) is 92.2 cm³/mol. The molecule has 0 amide bonds. The molecule has 0 unspecified atom stereocenters. The molecule has 0 radical (unpaired) electrons. The first-order valence-corrected chi connectivity index (χ1v) is 11.3. The lowest BCUT2D eigenvalue weighted by Crippen LogP contribution is -2.28. The number of ether oxygens (including phenoxy) is 2. The van der Waals surface area contributed by atoms with Gasteiger partial charge in [0.1, 0.15) is 12.7 Å². The van der Waals surface area contributed by atoms with E-state index in [-0.39, 0.29) is 30.6 Å². The molecule has 0 saturated carbocycles. The van der Waals surface area contributed by atoms with Crippen LogP contribution < -0.4 is 0 Å². The van der Waals surface area contributed by atoms with Crippen LogP contribution in [0.1, 0.15) is 34.1 Å². The molecular formula is C17H30O4Si. The second-order valence-electron chi connectivity index (χ2n) is 6.63. The molecule has 0 aliphatic heterocycles. The molecule has 126 valence electrons. The first kappa shape index (κ1) is 20.6. The van der Waals surface area contributed by atoms with Gasteiger partial charge in [0.25, 0.3) is 0 Å². The van der Waals surface area contributed by atoms with Crippen LogP contribution in [0.2, 0.25) is 19.6 Å². The molecule has 0 rings (SSSR count). The number of carbonyl (C=O) groups excluding carboxylic acids is 2. The third kappa shape index (κ3) is 10.4. The molecule has 0 spiro atoms. The van der Waals surface area contributed by atoms with E-state index in [4.69, 9.17) is 9.47 Å². The number of allylic oxidation sites excluding steroid dienone is 2. The summed E-state index contributed by atoms with van der Waals surface area (Å²) < 4.78 is 10.5. The van der Waals surface area contributed by atoms with Gasteiger partial charge in [-0.1, -0.05) is 50.0 Å². The molecule has 0 heterocycles. The summed E-state index contributed by atoms with van der Waals surface area (Å²) in [5.41, 5.74) is 3.35. The third-order valence-electron chi connectivity index (χ3n) is 3.00. The number of carbonyl (C=O) groups is 2. The van der Waals surface area contributed by atoms with Crippen molar-refractivity contribution in [3.63, 3.8) is 0 Å². The van der Waals surface area contributed by atoms with E-state index in [9.17, 15) is 9.59 Å². The van der Waals surface area contributed by atoms with Gasteiger partial charge in [-0.3, -0.25) is 9.59 Å². The van der Waals surface area contributed by atoms with Crippen LogP contribution in [0.4, 0.5) is 0 Å². The first-order valence-electron chi connectivity index (χ1n) is 7.73. The van der Waals surface area contributed by atoms with E-state index < -0.39 is 8.07 Å². The van der Waals surface area contributed by atoms with Crippen molar-refractivity contribution in [2.75, 3.05) is 6.61 Å². The third-order valence-corrected chi connectivity index (χ3v) is 4.17.